The molecule has 0 unspecified atom stereocenters. The van der Waals surface area contributed by atoms with E-state index in [1.165, 1.54) is 12.0 Å². The van der Waals surface area contributed by atoms with Crippen LogP contribution in [0, 0.1) is 5.41 Å². The minimum Gasteiger partial charge on any atom is -0.384 e. The Kier molecular flexibility index (Phi) is 6.34. The Labute approximate surface area is 131 Å². The van der Waals surface area contributed by atoms with E-state index < -0.39 is 23.4 Å². The summed E-state index contributed by atoms with van der Waals surface area (Å²) in [7, 11) is 1.52. The van der Waals surface area contributed by atoms with Gasteiger partial charge in [-0.25, -0.2) is 0 Å². The summed E-state index contributed by atoms with van der Waals surface area (Å²) >= 11 is 0. The van der Waals surface area contributed by atoms with Crippen LogP contribution < -0.4 is 11.1 Å². The quantitative estimate of drug-likeness (QED) is 0.722. The van der Waals surface area contributed by atoms with E-state index in [2.05, 4.69) is 5.32 Å². The van der Waals surface area contributed by atoms with Gasteiger partial charge in [0.05, 0.1) is 6.61 Å². The van der Waals surface area contributed by atoms with Crippen LogP contribution in [0.3, 0.4) is 0 Å². The molecule has 1 heterocycles. The van der Waals surface area contributed by atoms with Crippen LogP contribution in [0.5, 0.6) is 0 Å². The van der Waals surface area contributed by atoms with E-state index in [0.717, 1.165) is 6.42 Å². The fourth-order valence-corrected chi connectivity index (χ4v) is 2.57. The molecule has 1 saturated heterocycles. The number of rotatable bonds is 6. The molecule has 2 atom stereocenters. The predicted molar refractivity (Wildman–Crippen MR) is 81.8 cm³/mol. The number of nitrogens with zero attached hydrogens (tertiary/aromatic N) is 1. The number of carbonyl (C=O) groups excluding carboxylic acids is 3. The minimum absolute atomic E-state index is 0.190. The number of hydrogen-bond acceptors (Lipinski definition) is 4. The van der Waals surface area contributed by atoms with Crippen LogP contribution in [0.1, 0.15) is 40.0 Å². The van der Waals surface area contributed by atoms with Gasteiger partial charge in [0.1, 0.15) is 12.1 Å². The number of methoxy groups -OCH3 is 1. The van der Waals surface area contributed by atoms with Crippen LogP contribution in [0.15, 0.2) is 0 Å². The average Bonchev–Trinajstić information content (AvgIpc) is 2.90. The molecule has 0 aliphatic carbocycles. The smallest absolute Gasteiger partial charge is 0.246 e. The van der Waals surface area contributed by atoms with E-state index in [0.29, 0.717) is 19.6 Å². The molecule has 1 fully saturated rings. The van der Waals surface area contributed by atoms with Crippen molar-refractivity contribution in [3.8, 4) is 0 Å². The maximum atomic E-state index is 12.8. The van der Waals surface area contributed by atoms with Crippen LogP contribution in [0.25, 0.3) is 0 Å². The van der Waals surface area contributed by atoms with Gasteiger partial charge in [-0.3, -0.25) is 14.4 Å². The summed E-state index contributed by atoms with van der Waals surface area (Å²) < 4.78 is 4.87. The van der Waals surface area contributed by atoms with E-state index in [4.69, 9.17) is 10.5 Å². The maximum Gasteiger partial charge on any atom is 0.246 e. The van der Waals surface area contributed by atoms with Gasteiger partial charge in [0.15, 0.2) is 0 Å². The third-order valence-corrected chi connectivity index (χ3v) is 3.82. The molecule has 0 spiro atoms. The van der Waals surface area contributed by atoms with Crippen molar-refractivity contribution in [3.05, 3.63) is 0 Å². The maximum absolute atomic E-state index is 12.8. The monoisotopic (exact) mass is 313 g/mol. The van der Waals surface area contributed by atoms with Gasteiger partial charge in [0, 0.05) is 20.1 Å². The summed E-state index contributed by atoms with van der Waals surface area (Å²) in [5, 5.41) is 2.77. The van der Waals surface area contributed by atoms with E-state index in [1.54, 1.807) is 0 Å². The van der Waals surface area contributed by atoms with Crippen molar-refractivity contribution >= 4 is 17.7 Å². The average molecular weight is 313 g/mol. The molecule has 22 heavy (non-hydrogen) atoms. The van der Waals surface area contributed by atoms with Crippen LogP contribution >= 0.6 is 0 Å². The van der Waals surface area contributed by atoms with Crippen molar-refractivity contribution in [2.45, 2.75) is 52.1 Å². The molecule has 0 aromatic rings. The number of carbonyl (C=O) groups is 3. The Balaban J connectivity index is 2.85. The summed E-state index contributed by atoms with van der Waals surface area (Å²) in [5.74, 6) is -0.992. The number of nitrogens with one attached hydrogen (secondary N) is 1. The summed E-state index contributed by atoms with van der Waals surface area (Å²) in [5.41, 5.74) is 4.90. The van der Waals surface area contributed by atoms with Crippen molar-refractivity contribution in [1.29, 1.82) is 0 Å². The molecule has 7 nitrogen and oxygen atoms in total. The zero-order chi connectivity index (χ0) is 16.9. The van der Waals surface area contributed by atoms with Crippen LogP contribution in [0.4, 0.5) is 0 Å². The third kappa shape index (κ3) is 4.69. The molecular weight excluding hydrogens is 286 g/mol. The summed E-state index contributed by atoms with van der Waals surface area (Å²) in [6.07, 6.45) is 1.51. The molecular formula is C15H27N3O4. The molecule has 0 radical (unpaired) electrons. The largest absolute Gasteiger partial charge is 0.384 e. The first-order chi connectivity index (χ1) is 10.2. The topological polar surface area (TPSA) is 102 Å². The Hall–Kier alpha value is -1.63. The zero-order valence-electron chi connectivity index (χ0n) is 13.8. The lowest BCUT2D eigenvalue weighted by atomic mass is 9.85. The van der Waals surface area contributed by atoms with E-state index in [9.17, 15) is 14.4 Å². The normalized spacial score (nSPS) is 19.8. The summed E-state index contributed by atoms with van der Waals surface area (Å²) in [4.78, 5) is 37.7. The molecule has 0 saturated carbocycles. The van der Waals surface area contributed by atoms with Gasteiger partial charge in [0.25, 0.3) is 0 Å². The highest BCUT2D eigenvalue weighted by Gasteiger charge is 2.41. The van der Waals surface area contributed by atoms with Crippen LogP contribution in [-0.4, -0.2) is 55.0 Å². The molecule has 1 rings (SSSR count). The lowest BCUT2D eigenvalue weighted by Gasteiger charge is -2.35. The number of nitrogens with two attached hydrogens (primary N) is 1. The van der Waals surface area contributed by atoms with Crippen molar-refractivity contribution in [1.82, 2.24) is 10.2 Å². The lowest BCUT2D eigenvalue weighted by Crippen LogP contribution is -2.57. The van der Waals surface area contributed by atoms with E-state index in [-0.39, 0.29) is 18.2 Å². The summed E-state index contributed by atoms with van der Waals surface area (Å²) in [6, 6.07) is -1.27. The highest BCUT2D eigenvalue weighted by Crippen LogP contribution is 2.25. The Morgan fingerprint density at radius 1 is 1.36 bits per heavy atom. The van der Waals surface area contributed by atoms with Gasteiger partial charge in [-0.15, -0.1) is 0 Å². The first kappa shape index (κ1) is 18.4. The van der Waals surface area contributed by atoms with Crippen LogP contribution in [0.2, 0.25) is 0 Å². The number of ether oxygens (including phenoxy) is 1. The van der Waals surface area contributed by atoms with E-state index in [1.807, 2.05) is 20.8 Å². The first-order valence-corrected chi connectivity index (χ1v) is 7.56. The molecule has 3 N–H and O–H groups in total. The molecule has 3 amide bonds. The van der Waals surface area contributed by atoms with Gasteiger partial charge < -0.3 is 20.7 Å². The van der Waals surface area contributed by atoms with Gasteiger partial charge in [0.2, 0.25) is 17.7 Å². The third-order valence-electron chi connectivity index (χ3n) is 3.82. The fraction of sp³-hybridized carbons (Fsp3) is 0.800. The van der Waals surface area contributed by atoms with Crippen molar-refractivity contribution in [2.24, 2.45) is 11.1 Å². The molecule has 126 valence electrons. The first-order valence-electron chi connectivity index (χ1n) is 7.56. The van der Waals surface area contributed by atoms with Gasteiger partial charge >= 0.3 is 0 Å². The second kappa shape index (κ2) is 7.58. The second-order valence-electron chi connectivity index (χ2n) is 6.70. The number of amides is 3. The molecule has 0 bridgehead atoms. The van der Waals surface area contributed by atoms with E-state index >= 15 is 0 Å². The highest BCUT2D eigenvalue weighted by atomic mass is 16.5. The number of likely N-dealkylation sites (tertiary alicyclic amines) is 1. The van der Waals surface area contributed by atoms with Gasteiger partial charge in [-0.2, -0.15) is 0 Å². The lowest BCUT2D eigenvalue weighted by molar-refractivity contribution is -0.143. The number of primary amides is 1. The summed E-state index contributed by atoms with van der Waals surface area (Å²) in [6.45, 7) is 6.42. The molecule has 0 aromatic heterocycles. The molecule has 1 aliphatic heterocycles. The Morgan fingerprint density at radius 2 is 2.00 bits per heavy atom. The van der Waals surface area contributed by atoms with Crippen molar-refractivity contribution in [2.75, 3.05) is 20.3 Å². The number of hydrogen-bond donors (Lipinski definition) is 2. The van der Waals surface area contributed by atoms with Gasteiger partial charge in [-0.1, -0.05) is 20.8 Å². The zero-order valence-corrected chi connectivity index (χ0v) is 13.8. The molecule has 0 aromatic carbocycles. The van der Waals surface area contributed by atoms with Crippen LogP contribution in [-0.2, 0) is 19.1 Å². The van der Waals surface area contributed by atoms with Crippen molar-refractivity contribution in [3.63, 3.8) is 0 Å². The molecule has 7 heteroatoms. The SMILES string of the molecule is COCCC(=O)N[C@H](C(=O)N1CCC[C@H]1C(N)=O)C(C)(C)C. The van der Waals surface area contributed by atoms with Gasteiger partial charge in [-0.05, 0) is 18.3 Å². The fourth-order valence-electron chi connectivity index (χ4n) is 2.57. The second-order valence-corrected chi connectivity index (χ2v) is 6.70. The Morgan fingerprint density at radius 3 is 2.50 bits per heavy atom. The minimum atomic E-state index is -0.697. The highest BCUT2D eigenvalue weighted by molar-refractivity contribution is 5.92. The Bertz CT molecular complexity index is 431. The van der Waals surface area contributed by atoms with Crippen molar-refractivity contribution < 1.29 is 19.1 Å². The standard InChI is InChI=1S/C15H27N3O4/c1-15(2,3)12(17-11(19)7-9-22-4)14(21)18-8-5-6-10(18)13(16)20/h10,12H,5-9H2,1-4H3,(H2,16,20)(H,17,19)/t10-,12+/m0/s1. The predicted octanol–water partition coefficient (Wildman–Crippen LogP) is 0.0301. The molecule has 1 aliphatic rings.